The van der Waals surface area contributed by atoms with Gasteiger partial charge < -0.3 is 0 Å². The molecule has 0 saturated heterocycles. The largest absolute Gasteiger partial charge is 0.176 e. The van der Waals surface area contributed by atoms with Gasteiger partial charge in [0.1, 0.15) is 0 Å². The molecule has 98 valence electrons. The van der Waals surface area contributed by atoms with E-state index in [0.29, 0.717) is 5.25 Å². The van der Waals surface area contributed by atoms with Crippen LogP contribution in [0.1, 0.15) is 90.9 Å². The van der Waals surface area contributed by atoms with Crippen LogP contribution in [-0.2, 0) is 0 Å². The van der Waals surface area contributed by atoms with E-state index in [2.05, 4.69) is 26.5 Å². The molecule has 0 aromatic carbocycles. The van der Waals surface area contributed by atoms with Crippen LogP contribution in [0.3, 0.4) is 0 Å². The highest BCUT2D eigenvalue weighted by Gasteiger charge is 2.02. The topological polar surface area (TPSA) is 0 Å². The molecule has 1 atom stereocenters. The van der Waals surface area contributed by atoms with Gasteiger partial charge in [-0.15, -0.1) is 0 Å². The van der Waals surface area contributed by atoms with Crippen molar-refractivity contribution < 1.29 is 0 Å². The van der Waals surface area contributed by atoms with Crippen molar-refractivity contribution in [1.82, 2.24) is 0 Å². The Morgan fingerprint density at radius 1 is 0.625 bits per heavy atom. The number of hydrogen-bond donors (Lipinski definition) is 1. The Balaban J connectivity index is 3.08. The van der Waals surface area contributed by atoms with Crippen LogP contribution in [0.4, 0.5) is 0 Å². The number of hydrogen-bond acceptors (Lipinski definition) is 1. The van der Waals surface area contributed by atoms with Crippen LogP contribution in [-0.4, -0.2) is 5.25 Å². The Hall–Kier alpha value is 0.350. The molecule has 0 aromatic rings. The lowest BCUT2D eigenvalue weighted by molar-refractivity contribution is 0.552. The summed E-state index contributed by atoms with van der Waals surface area (Å²) in [4.78, 5) is 0. The van der Waals surface area contributed by atoms with Crippen LogP contribution in [0.15, 0.2) is 0 Å². The molecule has 0 aromatic heterocycles. The number of unbranched alkanes of at least 4 members (excludes halogenated alkanes) is 8. The van der Waals surface area contributed by atoms with E-state index in [1.807, 2.05) is 0 Å². The van der Waals surface area contributed by atoms with Crippen LogP contribution in [0.25, 0.3) is 0 Å². The summed E-state index contributed by atoms with van der Waals surface area (Å²) >= 11 is 4.68. The first kappa shape index (κ1) is 16.4. The Morgan fingerprint density at radius 2 is 1.00 bits per heavy atom. The van der Waals surface area contributed by atoms with E-state index in [4.69, 9.17) is 0 Å². The minimum absolute atomic E-state index is 0.669. The molecule has 16 heavy (non-hydrogen) atoms. The number of rotatable bonds is 12. The van der Waals surface area contributed by atoms with Gasteiger partial charge in [0.25, 0.3) is 0 Å². The average molecular weight is 244 g/mol. The second-order valence-corrected chi connectivity index (χ2v) is 5.79. The molecule has 0 amide bonds. The molecule has 0 heterocycles. The fourth-order valence-electron chi connectivity index (χ4n) is 2.11. The van der Waals surface area contributed by atoms with Gasteiger partial charge in [0, 0.05) is 5.25 Å². The molecule has 0 aliphatic rings. The molecular weight excluding hydrogens is 212 g/mol. The first-order chi connectivity index (χ1) is 7.81. The fraction of sp³-hybridized carbons (Fsp3) is 1.00. The van der Waals surface area contributed by atoms with E-state index in [0.717, 1.165) is 0 Å². The Kier molecular flexibility index (Phi) is 13.7. The molecule has 1 unspecified atom stereocenters. The Morgan fingerprint density at radius 3 is 1.50 bits per heavy atom. The second kappa shape index (κ2) is 13.4. The standard InChI is InChI=1S/C15H32S/c1-3-5-7-9-10-12-14-15(16)13-11-8-6-4-2/h15-16H,3-14H2,1-2H3. The van der Waals surface area contributed by atoms with E-state index in [1.54, 1.807) is 0 Å². The summed E-state index contributed by atoms with van der Waals surface area (Å²) in [6.07, 6.45) is 16.7. The minimum atomic E-state index is 0.669. The van der Waals surface area contributed by atoms with Crippen molar-refractivity contribution in [2.75, 3.05) is 0 Å². The van der Waals surface area contributed by atoms with Crippen molar-refractivity contribution in [1.29, 1.82) is 0 Å². The molecule has 0 rings (SSSR count). The van der Waals surface area contributed by atoms with E-state index in [-0.39, 0.29) is 0 Å². The van der Waals surface area contributed by atoms with Gasteiger partial charge in [-0.25, -0.2) is 0 Å². The van der Waals surface area contributed by atoms with Crippen LogP contribution in [0.2, 0.25) is 0 Å². The van der Waals surface area contributed by atoms with Crippen molar-refractivity contribution in [3.63, 3.8) is 0 Å². The van der Waals surface area contributed by atoms with E-state index >= 15 is 0 Å². The fourth-order valence-corrected chi connectivity index (χ4v) is 2.48. The monoisotopic (exact) mass is 244 g/mol. The van der Waals surface area contributed by atoms with Crippen LogP contribution in [0, 0.1) is 0 Å². The summed E-state index contributed by atoms with van der Waals surface area (Å²) in [5, 5.41) is 0.669. The first-order valence-corrected chi connectivity index (χ1v) is 8.01. The number of thiol groups is 1. The predicted molar refractivity (Wildman–Crippen MR) is 79.5 cm³/mol. The molecule has 0 nitrogen and oxygen atoms in total. The third-order valence-corrected chi connectivity index (χ3v) is 3.80. The zero-order chi connectivity index (χ0) is 12.1. The van der Waals surface area contributed by atoms with Crippen molar-refractivity contribution in [2.24, 2.45) is 0 Å². The SMILES string of the molecule is CCCCCCCCC(S)CCCCCC. The zero-order valence-electron chi connectivity index (χ0n) is 11.5. The molecule has 0 spiro atoms. The predicted octanol–water partition coefficient (Wildman–Crippen LogP) is 6.01. The van der Waals surface area contributed by atoms with Gasteiger partial charge in [-0.1, -0.05) is 78.1 Å². The molecule has 1 heteroatoms. The summed E-state index contributed by atoms with van der Waals surface area (Å²) in [7, 11) is 0. The first-order valence-electron chi connectivity index (χ1n) is 7.49. The van der Waals surface area contributed by atoms with Gasteiger partial charge in [-0.05, 0) is 12.8 Å². The summed E-state index contributed by atoms with van der Waals surface area (Å²) < 4.78 is 0. The van der Waals surface area contributed by atoms with E-state index < -0.39 is 0 Å². The lowest BCUT2D eigenvalue weighted by Gasteiger charge is -2.09. The van der Waals surface area contributed by atoms with E-state index in [9.17, 15) is 0 Å². The molecular formula is C15H32S. The summed E-state index contributed by atoms with van der Waals surface area (Å²) in [5.74, 6) is 0. The van der Waals surface area contributed by atoms with Gasteiger partial charge in [0.2, 0.25) is 0 Å². The van der Waals surface area contributed by atoms with Gasteiger partial charge >= 0.3 is 0 Å². The van der Waals surface area contributed by atoms with Crippen LogP contribution in [0.5, 0.6) is 0 Å². The maximum atomic E-state index is 4.68. The van der Waals surface area contributed by atoms with Crippen molar-refractivity contribution in [2.45, 2.75) is 96.1 Å². The van der Waals surface area contributed by atoms with E-state index in [1.165, 1.54) is 77.0 Å². The van der Waals surface area contributed by atoms with Crippen molar-refractivity contribution >= 4 is 12.6 Å². The highest BCUT2D eigenvalue weighted by Crippen LogP contribution is 2.17. The summed E-state index contributed by atoms with van der Waals surface area (Å²) in [6, 6.07) is 0. The molecule has 0 aliphatic heterocycles. The molecule has 0 saturated carbocycles. The van der Waals surface area contributed by atoms with Crippen LogP contribution >= 0.6 is 12.6 Å². The second-order valence-electron chi connectivity index (χ2n) is 5.06. The maximum Gasteiger partial charge on any atom is 0.00168 e. The summed E-state index contributed by atoms with van der Waals surface area (Å²) in [5.41, 5.74) is 0. The lowest BCUT2D eigenvalue weighted by atomic mass is 10.0. The third-order valence-electron chi connectivity index (χ3n) is 3.28. The highest BCUT2D eigenvalue weighted by atomic mass is 32.1. The molecule has 0 bridgehead atoms. The zero-order valence-corrected chi connectivity index (χ0v) is 12.4. The third kappa shape index (κ3) is 12.4. The average Bonchev–Trinajstić information content (AvgIpc) is 2.29. The van der Waals surface area contributed by atoms with Gasteiger partial charge in [-0.2, -0.15) is 12.6 Å². The normalized spacial score (nSPS) is 12.9. The molecule has 0 radical (unpaired) electrons. The smallest absolute Gasteiger partial charge is 0.00168 e. The van der Waals surface area contributed by atoms with Gasteiger partial charge in [0.05, 0.1) is 0 Å². The summed E-state index contributed by atoms with van der Waals surface area (Å²) in [6.45, 7) is 4.55. The van der Waals surface area contributed by atoms with Crippen LogP contribution < -0.4 is 0 Å². The molecule has 0 fully saturated rings. The quantitative estimate of drug-likeness (QED) is 0.315. The Labute approximate surface area is 109 Å². The maximum absolute atomic E-state index is 4.68. The van der Waals surface area contributed by atoms with Crippen molar-refractivity contribution in [3.8, 4) is 0 Å². The van der Waals surface area contributed by atoms with Gasteiger partial charge in [-0.3, -0.25) is 0 Å². The molecule has 0 aliphatic carbocycles. The van der Waals surface area contributed by atoms with Crippen molar-refractivity contribution in [3.05, 3.63) is 0 Å². The highest BCUT2D eigenvalue weighted by molar-refractivity contribution is 7.80. The lowest BCUT2D eigenvalue weighted by Crippen LogP contribution is -1.98. The van der Waals surface area contributed by atoms with Gasteiger partial charge in [0.15, 0.2) is 0 Å². The Bertz CT molecular complexity index is 123. The molecule has 0 N–H and O–H groups in total. The minimum Gasteiger partial charge on any atom is -0.176 e.